The first-order valence-electron chi connectivity index (χ1n) is 7.71. The Morgan fingerprint density at radius 3 is 2.65 bits per heavy atom. The first kappa shape index (κ1) is 17.5. The molecule has 1 N–H and O–H groups in total. The van der Waals surface area contributed by atoms with Gasteiger partial charge in [0, 0.05) is 11.3 Å². The second-order valence-corrected chi connectivity index (χ2v) is 5.99. The fraction of sp³-hybridized carbons (Fsp3) is 0.0500. The number of hydrogen-bond donors (Lipinski definition) is 1. The Hall–Kier alpha value is -3.36. The van der Waals surface area contributed by atoms with Crippen LogP contribution in [0.3, 0.4) is 0 Å². The summed E-state index contributed by atoms with van der Waals surface area (Å²) < 4.78 is 5.39. The molecule has 0 fully saturated rings. The van der Waals surface area contributed by atoms with Gasteiger partial charge in [-0.3, -0.25) is 4.79 Å². The number of aromatic amines is 1. The number of nitriles is 1. The highest BCUT2D eigenvalue weighted by Crippen LogP contribution is 2.27. The van der Waals surface area contributed by atoms with Crippen molar-refractivity contribution in [1.82, 2.24) is 4.98 Å². The fourth-order valence-corrected chi connectivity index (χ4v) is 2.76. The van der Waals surface area contributed by atoms with Gasteiger partial charge in [-0.05, 0) is 42.8 Å². The van der Waals surface area contributed by atoms with Gasteiger partial charge in [0.2, 0.25) is 0 Å². The minimum Gasteiger partial charge on any atom is -0.423 e. The van der Waals surface area contributed by atoms with E-state index in [0.29, 0.717) is 21.8 Å². The molecule has 26 heavy (non-hydrogen) atoms. The van der Waals surface area contributed by atoms with Crippen molar-refractivity contribution in [3.05, 3.63) is 86.8 Å². The van der Waals surface area contributed by atoms with Crippen LogP contribution in [0.2, 0.25) is 5.02 Å². The molecule has 0 aliphatic carbocycles. The van der Waals surface area contributed by atoms with E-state index >= 15 is 0 Å². The van der Waals surface area contributed by atoms with E-state index in [1.165, 1.54) is 0 Å². The lowest BCUT2D eigenvalue weighted by Crippen LogP contribution is -2.13. The monoisotopic (exact) mass is 364 g/mol. The molecule has 0 atom stereocenters. The molecule has 5 nitrogen and oxygen atoms in total. The number of aromatic nitrogens is 1. The molecular formula is C20H13ClN2O3. The molecule has 2 aromatic carbocycles. The number of benzene rings is 2. The van der Waals surface area contributed by atoms with Crippen LogP contribution in [0.5, 0.6) is 5.75 Å². The summed E-state index contributed by atoms with van der Waals surface area (Å²) in [6.07, 6.45) is 0. The summed E-state index contributed by atoms with van der Waals surface area (Å²) in [4.78, 5) is 26.9. The molecule has 0 saturated heterocycles. The second kappa shape index (κ2) is 7.26. The van der Waals surface area contributed by atoms with Gasteiger partial charge in [0.25, 0.3) is 5.56 Å². The van der Waals surface area contributed by atoms with E-state index < -0.39 is 11.5 Å². The zero-order chi connectivity index (χ0) is 18.7. The number of carbonyl (C=O) groups excluding carboxylic acids is 1. The van der Waals surface area contributed by atoms with Crippen molar-refractivity contribution in [3.63, 3.8) is 0 Å². The minimum absolute atomic E-state index is 0.00480. The number of aryl methyl sites for hydroxylation is 1. The maximum atomic E-state index is 12.3. The van der Waals surface area contributed by atoms with E-state index in [9.17, 15) is 14.9 Å². The van der Waals surface area contributed by atoms with E-state index in [0.717, 1.165) is 0 Å². The normalized spacial score (nSPS) is 10.2. The lowest BCUT2D eigenvalue weighted by Gasteiger charge is -2.09. The molecule has 6 heteroatoms. The molecule has 0 radical (unpaired) electrons. The summed E-state index contributed by atoms with van der Waals surface area (Å²) in [5, 5.41) is 9.57. The standard InChI is InChI=1S/C20H13ClN2O3/c1-12-9-16(17(11-22)19(24)23-12)13-5-4-6-14(10-13)26-20(25)15-7-2-3-8-18(15)21/h2-10H,1H3,(H,23,24). The highest BCUT2D eigenvalue weighted by atomic mass is 35.5. The molecule has 0 aliphatic rings. The second-order valence-electron chi connectivity index (χ2n) is 5.58. The number of hydrogen-bond acceptors (Lipinski definition) is 4. The van der Waals surface area contributed by atoms with Crippen molar-refractivity contribution >= 4 is 17.6 Å². The van der Waals surface area contributed by atoms with Crippen molar-refractivity contribution in [2.24, 2.45) is 0 Å². The van der Waals surface area contributed by atoms with Crippen molar-refractivity contribution in [2.45, 2.75) is 6.92 Å². The van der Waals surface area contributed by atoms with Gasteiger partial charge in [-0.15, -0.1) is 0 Å². The Bertz CT molecular complexity index is 1100. The van der Waals surface area contributed by atoms with Gasteiger partial charge in [-0.25, -0.2) is 4.79 Å². The van der Waals surface area contributed by atoms with Gasteiger partial charge in [0.1, 0.15) is 17.4 Å². The topological polar surface area (TPSA) is 82.9 Å². The van der Waals surface area contributed by atoms with Crippen molar-refractivity contribution in [3.8, 4) is 22.9 Å². The van der Waals surface area contributed by atoms with Crippen LogP contribution in [0, 0.1) is 18.3 Å². The molecular weight excluding hydrogens is 352 g/mol. The summed E-state index contributed by atoms with van der Waals surface area (Å²) in [6, 6.07) is 16.8. The highest BCUT2D eigenvalue weighted by Gasteiger charge is 2.14. The van der Waals surface area contributed by atoms with Crippen LogP contribution in [-0.4, -0.2) is 11.0 Å². The quantitative estimate of drug-likeness (QED) is 0.560. The first-order chi connectivity index (χ1) is 12.5. The van der Waals surface area contributed by atoms with Gasteiger partial charge in [0.05, 0.1) is 10.6 Å². The highest BCUT2D eigenvalue weighted by molar-refractivity contribution is 6.33. The third kappa shape index (κ3) is 3.51. The van der Waals surface area contributed by atoms with Crippen LogP contribution < -0.4 is 10.3 Å². The molecule has 0 spiro atoms. The van der Waals surface area contributed by atoms with Crippen LogP contribution in [0.1, 0.15) is 21.6 Å². The number of pyridine rings is 1. The van der Waals surface area contributed by atoms with Crippen LogP contribution in [-0.2, 0) is 0 Å². The molecule has 0 aliphatic heterocycles. The summed E-state index contributed by atoms with van der Waals surface area (Å²) in [5.41, 5.74) is 1.50. The number of H-pyrrole nitrogens is 1. The predicted molar refractivity (Wildman–Crippen MR) is 98.4 cm³/mol. The number of nitrogens with one attached hydrogen (secondary N) is 1. The number of nitrogens with zero attached hydrogens (tertiary/aromatic N) is 1. The van der Waals surface area contributed by atoms with E-state index in [-0.39, 0.29) is 16.9 Å². The van der Waals surface area contributed by atoms with Crippen LogP contribution >= 0.6 is 11.6 Å². The Morgan fingerprint density at radius 1 is 1.15 bits per heavy atom. The number of esters is 1. The van der Waals surface area contributed by atoms with E-state index in [2.05, 4.69) is 4.98 Å². The smallest absolute Gasteiger partial charge is 0.345 e. The average Bonchev–Trinajstić information content (AvgIpc) is 2.61. The van der Waals surface area contributed by atoms with Gasteiger partial charge in [-0.2, -0.15) is 5.26 Å². The van der Waals surface area contributed by atoms with E-state index in [1.54, 1.807) is 61.5 Å². The Balaban J connectivity index is 1.98. The SMILES string of the molecule is Cc1cc(-c2cccc(OC(=O)c3ccccc3Cl)c2)c(C#N)c(=O)[nH]1. The zero-order valence-corrected chi connectivity index (χ0v) is 14.5. The summed E-state index contributed by atoms with van der Waals surface area (Å²) in [6.45, 7) is 1.73. The first-order valence-corrected chi connectivity index (χ1v) is 8.08. The van der Waals surface area contributed by atoms with Gasteiger partial charge >= 0.3 is 5.97 Å². The largest absolute Gasteiger partial charge is 0.423 e. The molecule has 0 unspecified atom stereocenters. The summed E-state index contributed by atoms with van der Waals surface area (Å²) >= 11 is 6.01. The summed E-state index contributed by atoms with van der Waals surface area (Å²) in [7, 11) is 0. The number of rotatable bonds is 3. The third-order valence-electron chi connectivity index (χ3n) is 3.73. The molecule has 128 valence electrons. The lowest BCUT2D eigenvalue weighted by atomic mass is 10.0. The average molecular weight is 365 g/mol. The Morgan fingerprint density at radius 2 is 1.92 bits per heavy atom. The van der Waals surface area contributed by atoms with Gasteiger partial charge in [-0.1, -0.05) is 35.9 Å². The molecule has 0 amide bonds. The molecule has 3 rings (SSSR count). The number of halogens is 1. The van der Waals surface area contributed by atoms with Crippen molar-refractivity contribution in [1.29, 1.82) is 5.26 Å². The molecule has 1 aromatic heterocycles. The van der Waals surface area contributed by atoms with E-state index in [1.807, 2.05) is 6.07 Å². The number of carbonyl (C=O) groups is 1. The Kier molecular flexibility index (Phi) is 4.87. The predicted octanol–water partition coefficient (Wildman–Crippen LogP) is 4.09. The molecule has 0 bridgehead atoms. The summed E-state index contributed by atoms with van der Waals surface area (Å²) in [5.74, 6) is -0.301. The van der Waals surface area contributed by atoms with Gasteiger partial charge < -0.3 is 9.72 Å². The third-order valence-corrected chi connectivity index (χ3v) is 4.06. The minimum atomic E-state index is -0.588. The lowest BCUT2D eigenvalue weighted by molar-refractivity contribution is 0.0735. The molecule has 0 saturated carbocycles. The maximum absolute atomic E-state index is 12.3. The Labute approximate surface area is 154 Å². The maximum Gasteiger partial charge on any atom is 0.345 e. The van der Waals surface area contributed by atoms with Crippen LogP contribution in [0.25, 0.3) is 11.1 Å². The van der Waals surface area contributed by atoms with Gasteiger partial charge in [0.15, 0.2) is 0 Å². The van der Waals surface area contributed by atoms with Crippen LogP contribution in [0.4, 0.5) is 0 Å². The number of ether oxygens (including phenoxy) is 1. The molecule has 1 heterocycles. The van der Waals surface area contributed by atoms with E-state index in [4.69, 9.17) is 16.3 Å². The van der Waals surface area contributed by atoms with Crippen molar-refractivity contribution < 1.29 is 9.53 Å². The molecule has 3 aromatic rings. The zero-order valence-electron chi connectivity index (χ0n) is 13.7. The van der Waals surface area contributed by atoms with Crippen LogP contribution in [0.15, 0.2) is 59.4 Å². The van der Waals surface area contributed by atoms with Crippen molar-refractivity contribution in [2.75, 3.05) is 0 Å². The fourth-order valence-electron chi connectivity index (χ4n) is 2.54.